The smallest absolute Gasteiger partial charge is 0.214 e. The number of benzene rings is 2. The second kappa shape index (κ2) is 5.98. The number of hydrogen-bond acceptors (Lipinski definition) is 3. The van der Waals surface area contributed by atoms with Gasteiger partial charge in [0.25, 0.3) is 0 Å². The van der Waals surface area contributed by atoms with Gasteiger partial charge < -0.3 is 4.74 Å². The molecule has 0 atom stereocenters. The molecule has 3 aromatic rings. The van der Waals surface area contributed by atoms with Gasteiger partial charge in [-0.2, -0.15) is 0 Å². The Bertz CT molecular complexity index is 840. The van der Waals surface area contributed by atoms with Crippen LogP contribution in [0.15, 0.2) is 48.5 Å². The molecular formula is C19H17NO2. The molecule has 3 rings (SSSR count). The van der Waals surface area contributed by atoms with Crippen molar-refractivity contribution in [1.29, 1.82) is 0 Å². The van der Waals surface area contributed by atoms with Crippen LogP contribution in [0.1, 0.15) is 22.8 Å². The Balaban J connectivity index is 2.31. The van der Waals surface area contributed by atoms with Crippen molar-refractivity contribution < 1.29 is 9.53 Å². The second-order valence-electron chi connectivity index (χ2n) is 5.16. The second-order valence-corrected chi connectivity index (χ2v) is 5.16. The lowest BCUT2D eigenvalue weighted by molar-refractivity contribution is 0.112. The fraction of sp³-hybridized carbons (Fsp3) is 0.158. The maximum atomic E-state index is 11.1. The van der Waals surface area contributed by atoms with E-state index in [1.165, 1.54) is 0 Å². The van der Waals surface area contributed by atoms with E-state index < -0.39 is 0 Å². The molecule has 0 amide bonds. The number of aryl methyl sites for hydroxylation is 1. The number of pyridine rings is 1. The molecule has 0 aliphatic rings. The van der Waals surface area contributed by atoms with Crippen molar-refractivity contribution in [2.45, 2.75) is 13.8 Å². The van der Waals surface area contributed by atoms with Gasteiger partial charge in [0.1, 0.15) is 6.29 Å². The Kier molecular flexibility index (Phi) is 3.88. The normalized spacial score (nSPS) is 10.6. The zero-order chi connectivity index (χ0) is 15.5. The number of fused-ring (bicyclic) bond motifs is 1. The van der Waals surface area contributed by atoms with Gasteiger partial charge in [0.05, 0.1) is 12.3 Å². The van der Waals surface area contributed by atoms with E-state index in [-0.39, 0.29) is 0 Å². The van der Waals surface area contributed by atoms with Gasteiger partial charge >= 0.3 is 0 Å². The van der Waals surface area contributed by atoms with Crippen molar-refractivity contribution in [3.8, 4) is 17.1 Å². The first-order valence-electron chi connectivity index (χ1n) is 7.31. The van der Waals surface area contributed by atoms with Gasteiger partial charge in [-0.1, -0.05) is 36.4 Å². The number of ether oxygens (including phenoxy) is 1. The predicted molar refractivity (Wildman–Crippen MR) is 88.5 cm³/mol. The summed E-state index contributed by atoms with van der Waals surface area (Å²) in [5.41, 5.74) is 3.54. The first-order valence-corrected chi connectivity index (χ1v) is 7.31. The molecule has 0 bridgehead atoms. The lowest BCUT2D eigenvalue weighted by Gasteiger charge is -2.12. The third kappa shape index (κ3) is 2.58. The van der Waals surface area contributed by atoms with E-state index in [2.05, 4.69) is 4.98 Å². The molecule has 0 spiro atoms. The molecular weight excluding hydrogens is 274 g/mol. The highest BCUT2D eigenvalue weighted by Gasteiger charge is 2.11. The van der Waals surface area contributed by atoms with E-state index in [0.29, 0.717) is 18.1 Å². The van der Waals surface area contributed by atoms with Gasteiger partial charge in [-0.25, -0.2) is 4.98 Å². The number of carbonyl (C=O) groups is 1. The van der Waals surface area contributed by atoms with Crippen LogP contribution >= 0.6 is 0 Å². The van der Waals surface area contributed by atoms with Gasteiger partial charge in [0.2, 0.25) is 5.88 Å². The van der Waals surface area contributed by atoms with Crippen molar-refractivity contribution in [2.75, 3.05) is 6.61 Å². The molecule has 110 valence electrons. The molecule has 1 aromatic heterocycles. The van der Waals surface area contributed by atoms with Crippen molar-refractivity contribution in [3.05, 3.63) is 59.7 Å². The molecule has 2 aromatic carbocycles. The average Bonchev–Trinajstić information content (AvgIpc) is 2.55. The van der Waals surface area contributed by atoms with Crippen LogP contribution in [0.25, 0.3) is 22.0 Å². The Labute approximate surface area is 129 Å². The molecule has 0 saturated carbocycles. The van der Waals surface area contributed by atoms with E-state index in [4.69, 9.17) is 4.74 Å². The number of aromatic nitrogens is 1. The molecule has 22 heavy (non-hydrogen) atoms. The Morgan fingerprint density at radius 3 is 2.73 bits per heavy atom. The summed E-state index contributed by atoms with van der Waals surface area (Å²) in [6.07, 6.45) is 0.859. The average molecular weight is 291 g/mol. The fourth-order valence-electron chi connectivity index (χ4n) is 2.57. The molecule has 0 N–H and O–H groups in total. The number of rotatable bonds is 4. The van der Waals surface area contributed by atoms with Crippen LogP contribution in [0, 0.1) is 6.92 Å². The molecule has 0 fully saturated rings. The first-order chi connectivity index (χ1) is 10.7. The van der Waals surface area contributed by atoms with Gasteiger partial charge in [-0.15, -0.1) is 0 Å². The molecule has 3 nitrogen and oxygen atoms in total. The number of aldehydes is 1. The number of carbonyl (C=O) groups excluding carboxylic acids is 1. The topological polar surface area (TPSA) is 39.2 Å². The van der Waals surface area contributed by atoms with E-state index >= 15 is 0 Å². The van der Waals surface area contributed by atoms with E-state index in [1.807, 2.05) is 62.4 Å². The number of nitrogens with zero attached hydrogens (tertiary/aromatic N) is 1. The first kappa shape index (κ1) is 14.3. The summed E-state index contributed by atoms with van der Waals surface area (Å²) in [4.78, 5) is 15.7. The monoisotopic (exact) mass is 291 g/mol. The fourth-order valence-corrected chi connectivity index (χ4v) is 2.57. The lowest BCUT2D eigenvalue weighted by Crippen LogP contribution is -1.98. The summed E-state index contributed by atoms with van der Waals surface area (Å²) in [5, 5.41) is 2.13. The van der Waals surface area contributed by atoms with Gasteiger partial charge in [-0.3, -0.25) is 4.79 Å². The Morgan fingerprint density at radius 2 is 1.95 bits per heavy atom. The largest absolute Gasteiger partial charge is 0.478 e. The zero-order valence-corrected chi connectivity index (χ0v) is 12.7. The van der Waals surface area contributed by atoms with Gasteiger partial charge in [0, 0.05) is 22.6 Å². The van der Waals surface area contributed by atoms with Crippen LogP contribution in [0.5, 0.6) is 5.88 Å². The Morgan fingerprint density at radius 1 is 1.14 bits per heavy atom. The summed E-state index contributed by atoms with van der Waals surface area (Å²) in [5.74, 6) is 0.604. The van der Waals surface area contributed by atoms with Crippen LogP contribution in [0.3, 0.4) is 0 Å². The van der Waals surface area contributed by atoms with Crippen LogP contribution in [0.4, 0.5) is 0 Å². The summed E-state index contributed by atoms with van der Waals surface area (Å²) in [7, 11) is 0. The van der Waals surface area contributed by atoms with Crippen LogP contribution in [-0.2, 0) is 0 Å². The van der Waals surface area contributed by atoms with Crippen LogP contribution < -0.4 is 4.74 Å². The minimum absolute atomic E-state index is 0.568. The molecule has 0 radical (unpaired) electrons. The molecule has 3 heteroatoms. The highest BCUT2D eigenvalue weighted by molar-refractivity contribution is 5.96. The molecule has 0 unspecified atom stereocenters. The number of hydrogen-bond donors (Lipinski definition) is 0. The third-order valence-electron chi connectivity index (χ3n) is 3.66. The highest BCUT2D eigenvalue weighted by atomic mass is 16.5. The van der Waals surface area contributed by atoms with Crippen LogP contribution in [0.2, 0.25) is 0 Å². The van der Waals surface area contributed by atoms with Crippen molar-refractivity contribution in [3.63, 3.8) is 0 Å². The zero-order valence-electron chi connectivity index (χ0n) is 12.7. The van der Waals surface area contributed by atoms with Crippen LogP contribution in [-0.4, -0.2) is 17.9 Å². The predicted octanol–water partition coefficient (Wildman–Crippen LogP) is 4.42. The molecule has 0 aliphatic carbocycles. The van der Waals surface area contributed by atoms with Gasteiger partial charge in [0.15, 0.2) is 0 Å². The Hall–Kier alpha value is -2.68. The molecule has 1 heterocycles. The van der Waals surface area contributed by atoms with E-state index in [9.17, 15) is 4.79 Å². The van der Waals surface area contributed by atoms with Crippen molar-refractivity contribution >= 4 is 17.1 Å². The minimum atomic E-state index is 0.568. The third-order valence-corrected chi connectivity index (χ3v) is 3.66. The molecule has 0 aliphatic heterocycles. The summed E-state index contributed by atoms with van der Waals surface area (Å²) in [6, 6.07) is 15.7. The maximum absolute atomic E-state index is 11.1. The maximum Gasteiger partial charge on any atom is 0.214 e. The van der Waals surface area contributed by atoms with Crippen molar-refractivity contribution in [2.24, 2.45) is 0 Å². The van der Waals surface area contributed by atoms with E-state index in [0.717, 1.165) is 33.9 Å². The SMILES string of the molecule is CCOc1cc2ccccc2c(-c2cc(C=O)ccc2C)n1. The van der Waals surface area contributed by atoms with Crippen molar-refractivity contribution in [1.82, 2.24) is 4.98 Å². The van der Waals surface area contributed by atoms with Gasteiger partial charge in [-0.05, 0) is 30.9 Å². The minimum Gasteiger partial charge on any atom is -0.478 e. The standard InChI is InChI=1S/C19H17NO2/c1-3-22-18-11-15-6-4-5-7-16(15)19(20-18)17-10-14(12-21)9-8-13(17)2/h4-12H,3H2,1-2H3. The van der Waals surface area contributed by atoms with E-state index in [1.54, 1.807) is 0 Å². The summed E-state index contributed by atoms with van der Waals surface area (Å²) < 4.78 is 5.59. The summed E-state index contributed by atoms with van der Waals surface area (Å²) >= 11 is 0. The summed E-state index contributed by atoms with van der Waals surface area (Å²) in [6.45, 7) is 4.53. The quantitative estimate of drug-likeness (QED) is 0.668. The highest BCUT2D eigenvalue weighted by Crippen LogP contribution is 2.32. The molecule has 0 saturated heterocycles. The lowest BCUT2D eigenvalue weighted by atomic mass is 9.98.